The maximum Gasteiger partial charge on any atom is 0.123 e. The molecule has 0 spiro atoms. The van der Waals surface area contributed by atoms with Crippen molar-refractivity contribution in [1.82, 2.24) is 5.32 Å². The summed E-state index contributed by atoms with van der Waals surface area (Å²) in [5, 5.41) is 3.66. The van der Waals surface area contributed by atoms with Crippen molar-refractivity contribution in [1.29, 1.82) is 0 Å². The molecule has 0 bridgehead atoms. The van der Waals surface area contributed by atoms with Crippen LogP contribution in [0.3, 0.4) is 0 Å². The molecule has 1 nitrogen and oxygen atoms in total. The summed E-state index contributed by atoms with van der Waals surface area (Å²) in [7, 11) is 0. The van der Waals surface area contributed by atoms with E-state index >= 15 is 0 Å². The molecule has 1 atom stereocenters. The van der Waals surface area contributed by atoms with Gasteiger partial charge in [-0.3, -0.25) is 0 Å². The number of benzene rings is 1. The summed E-state index contributed by atoms with van der Waals surface area (Å²) in [5.74, 6) is -0.137. The molecule has 0 heterocycles. The van der Waals surface area contributed by atoms with Crippen LogP contribution in [0.4, 0.5) is 4.39 Å². The fourth-order valence-electron chi connectivity index (χ4n) is 3.17. The molecule has 2 heteroatoms. The van der Waals surface area contributed by atoms with Gasteiger partial charge < -0.3 is 5.32 Å². The summed E-state index contributed by atoms with van der Waals surface area (Å²) in [6.07, 6.45) is 7.74. The zero-order valence-electron chi connectivity index (χ0n) is 12.2. The van der Waals surface area contributed by atoms with Crippen molar-refractivity contribution in [2.45, 2.75) is 58.4 Å². The molecular formula is C17H26FN. The van der Waals surface area contributed by atoms with Gasteiger partial charge in [0.2, 0.25) is 0 Å². The van der Waals surface area contributed by atoms with Gasteiger partial charge in [-0.2, -0.15) is 0 Å². The molecule has 19 heavy (non-hydrogen) atoms. The number of hydrogen-bond donors (Lipinski definition) is 1. The van der Waals surface area contributed by atoms with E-state index in [1.807, 2.05) is 6.07 Å². The highest BCUT2D eigenvalue weighted by Gasteiger charge is 2.27. The molecule has 1 aromatic carbocycles. The summed E-state index contributed by atoms with van der Waals surface area (Å²) in [6.45, 7) is 5.59. The van der Waals surface area contributed by atoms with E-state index in [2.05, 4.69) is 19.2 Å². The molecule has 1 unspecified atom stereocenters. The Bertz CT molecular complexity index is 396. The Morgan fingerprint density at radius 2 is 2.00 bits per heavy atom. The van der Waals surface area contributed by atoms with Crippen LogP contribution in [-0.2, 0) is 0 Å². The Labute approximate surface area is 116 Å². The van der Waals surface area contributed by atoms with E-state index in [0.717, 1.165) is 18.5 Å². The lowest BCUT2D eigenvalue weighted by Gasteiger charge is -2.35. The van der Waals surface area contributed by atoms with Crippen LogP contribution in [0.5, 0.6) is 0 Å². The minimum atomic E-state index is -0.137. The minimum Gasteiger partial charge on any atom is -0.309 e. The molecule has 1 aromatic rings. The second-order valence-corrected chi connectivity index (χ2v) is 6.27. The average molecular weight is 263 g/mol. The molecular weight excluding hydrogens is 237 g/mol. The zero-order chi connectivity index (χ0) is 13.7. The second-order valence-electron chi connectivity index (χ2n) is 6.27. The van der Waals surface area contributed by atoms with Gasteiger partial charge in [-0.15, -0.1) is 0 Å². The molecule has 2 rings (SSSR count). The van der Waals surface area contributed by atoms with Crippen LogP contribution in [0, 0.1) is 11.2 Å². The predicted octanol–water partition coefficient (Wildman–Crippen LogP) is 4.84. The predicted molar refractivity (Wildman–Crippen MR) is 78.6 cm³/mol. The van der Waals surface area contributed by atoms with Crippen LogP contribution >= 0.6 is 0 Å². The number of nitrogens with one attached hydrogen (secondary N) is 1. The first-order chi connectivity index (χ1) is 9.13. The zero-order valence-corrected chi connectivity index (χ0v) is 12.2. The number of hydrogen-bond acceptors (Lipinski definition) is 1. The SMILES string of the molecule is CCC(NCC1(C)CCCCC1)c1cccc(F)c1. The van der Waals surface area contributed by atoms with Crippen molar-refractivity contribution in [3.8, 4) is 0 Å². The lowest BCUT2D eigenvalue weighted by Crippen LogP contribution is -2.35. The van der Waals surface area contributed by atoms with Crippen molar-refractivity contribution in [3.63, 3.8) is 0 Å². The van der Waals surface area contributed by atoms with E-state index in [0.29, 0.717) is 5.41 Å². The van der Waals surface area contributed by atoms with E-state index in [1.54, 1.807) is 12.1 Å². The molecule has 1 saturated carbocycles. The summed E-state index contributed by atoms with van der Waals surface area (Å²) < 4.78 is 13.3. The third kappa shape index (κ3) is 4.04. The third-order valence-corrected chi connectivity index (χ3v) is 4.50. The smallest absolute Gasteiger partial charge is 0.123 e. The molecule has 1 N–H and O–H groups in total. The monoisotopic (exact) mass is 263 g/mol. The molecule has 0 radical (unpaired) electrons. The Hall–Kier alpha value is -0.890. The normalized spacial score (nSPS) is 20.2. The van der Waals surface area contributed by atoms with Crippen molar-refractivity contribution < 1.29 is 4.39 Å². The van der Waals surface area contributed by atoms with Gasteiger partial charge in [0.15, 0.2) is 0 Å². The molecule has 0 aliphatic heterocycles. The lowest BCUT2D eigenvalue weighted by atomic mass is 9.75. The van der Waals surface area contributed by atoms with E-state index in [9.17, 15) is 4.39 Å². The van der Waals surface area contributed by atoms with Crippen molar-refractivity contribution in [2.75, 3.05) is 6.54 Å². The Morgan fingerprint density at radius 3 is 2.63 bits per heavy atom. The Kier molecular flexibility index (Phi) is 4.98. The summed E-state index contributed by atoms with van der Waals surface area (Å²) in [4.78, 5) is 0. The first-order valence-corrected chi connectivity index (χ1v) is 7.62. The van der Waals surface area contributed by atoms with Crippen LogP contribution in [0.1, 0.15) is 64.0 Å². The highest BCUT2D eigenvalue weighted by atomic mass is 19.1. The van der Waals surface area contributed by atoms with Crippen molar-refractivity contribution in [3.05, 3.63) is 35.6 Å². The Morgan fingerprint density at radius 1 is 1.26 bits per heavy atom. The van der Waals surface area contributed by atoms with Crippen molar-refractivity contribution >= 4 is 0 Å². The van der Waals surface area contributed by atoms with Gasteiger partial charge in [-0.25, -0.2) is 4.39 Å². The second kappa shape index (κ2) is 6.51. The molecule has 1 fully saturated rings. The largest absolute Gasteiger partial charge is 0.309 e. The van der Waals surface area contributed by atoms with Gasteiger partial charge in [0.05, 0.1) is 0 Å². The van der Waals surface area contributed by atoms with Crippen LogP contribution in [0.2, 0.25) is 0 Å². The number of halogens is 1. The fraction of sp³-hybridized carbons (Fsp3) is 0.647. The van der Waals surface area contributed by atoms with Gasteiger partial charge >= 0.3 is 0 Å². The van der Waals surface area contributed by atoms with E-state index in [4.69, 9.17) is 0 Å². The van der Waals surface area contributed by atoms with Crippen LogP contribution in [0.25, 0.3) is 0 Å². The Balaban J connectivity index is 1.95. The first kappa shape index (κ1) is 14.5. The third-order valence-electron chi connectivity index (χ3n) is 4.50. The lowest BCUT2D eigenvalue weighted by molar-refractivity contribution is 0.199. The molecule has 0 amide bonds. The maximum atomic E-state index is 13.3. The molecule has 0 aromatic heterocycles. The maximum absolute atomic E-state index is 13.3. The van der Waals surface area contributed by atoms with E-state index < -0.39 is 0 Å². The number of rotatable bonds is 5. The van der Waals surface area contributed by atoms with Gasteiger partial charge in [-0.1, -0.05) is 45.2 Å². The molecule has 106 valence electrons. The minimum absolute atomic E-state index is 0.137. The highest BCUT2D eigenvalue weighted by Crippen LogP contribution is 2.35. The first-order valence-electron chi connectivity index (χ1n) is 7.62. The van der Waals surface area contributed by atoms with Crippen LogP contribution in [0.15, 0.2) is 24.3 Å². The fourth-order valence-corrected chi connectivity index (χ4v) is 3.17. The molecule has 0 saturated heterocycles. The van der Waals surface area contributed by atoms with Crippen LogP contribution < -0.4 is 5.32 Å². The summed E-state index contributed by atoms with van der Waals surface area (Å²) >= 11 is 0. The van der Waals surface area contributed by atoms with Gasteiger partial charge in [0.1, 0.15) is 5.82 Å². The van der Waals surface area contributed by atoms with Crippen LogP contribution in [-0.4, -0.2) is 6.54 Å². The van der Waals surface area contributed by atoms with Gasteiger partial charge in [0, 0.05) is 12.6 Å². The van der Waals surface area contributed by atoms with E-state index in [-0.39, 0.29) is 11.9 Å². The standard InChI is InChI=1S/C17H26FN/c1-3-16(14-8-7-9-15(18)12-14)19-13-17(2)10-5-4-6-11-17/h7-9,12,16,19H,3-6,10-11,13H2,1-2H3. The summed E-state index contributed by atoms with van der Waals surface area (Å²) in [6, 6.07) is 7.27. The topological polar surface area (TPSA) is 12.0 Å². The van der Waals surface area contributed by atoms with Gasteiger partial charge in [0.25, 0.3) is 0 Å². The quantitative estimate of drug-likeness (QED) is 0.801. The molecule has 1 aliphatic carbocycles. The molecule has 1 aliphatic rings. The van der Waals surface area contributed by atoms with Crippen molar-refractivity contribution in [2.24, 2.45) is 5.41 Å². The van der Waals surface area contributed by atoms with E-state index in [1.165, 1.54) is 38.2 Å². The van der Waals surface area contributed by atoms with Gasteiger partial charge in [-0.05, 0) is 42.4 Å². The highest BCUT2D eigenvalue weighted by molar-refractivity contribution is 5.20. The summed E-state index contributed by atoms with van der Waals surface area (Å²) in [5.41, 5.74) is 1.50. The average Bonchev–Trinajstić information content (AvgIpc) is 2.40.